The summed E-state index contributed by atoms with van der Waals surface area (Å²) in [6.07, 6.45) is 5.30. The van der Waals surface area contributed by atoms with Crippen LogP contribution in [0.5, 0.6) is 5.75 Å². The van der Waals surface area contributed by atoms with Crippen molar-refractivity contribution >= 4 is 41.2 Å². The predicted molar refractivity (Wildman–Crippen MR) is 139 cm³/mol. The van der Waals surface area contributed by atoms with Crippen molar-refractivity contribution in [1.29, 1.82) is 0 Å². The lowest BCUT2D eigenvalue weighted by molar-refractivity contribution is 0.0600. The minimum absolute atomic E-state index is 0.199. The maximum atomic E-state index is 13.4. The molecule has 36 heavy (non-hydrogen) atoms. The summed E-state index contributed by atoms with van der Waals surface area (Å²) in [5, 5.41) is 3.68. The molecule has 0 amide bonds. The van der Waals surface area contributed by atoms with Gasteiger partial charge in [-0.3, -0.25) is 0 Å². The molecule has 8 heteroatoms. The molecule has 3 aromatic carbocycles. The molecule has 0 aliphatic carbocycles. The number of carbonyl (C=O) groups is 1. The zero-order chi connectivity index (χ0) is 25.5. The Kier molecular flexibility index (Phi) is 7.92. The van der Waals surface area contributed by atoms with Crippen LogP contribution in [-0.2, 0) is 11.3 Å². The Morgan fingerprint density at radius 2 is 1.86 bits per heavy atom. The maximum Gasteiger partial charge on any atom is 0.337 e. The van der Waals surface area contributed by atoms with Gasteiger partial charge in [0.1, 0.15) is 30.3 Å². The van der Waals surface area contributed by atoms with Gasteiger partial charge in [-0.1, -0.05) is 41.9 Å². The van der Waals surface area contributed by atoms with Gasteiger partial charge in [-0.15, -0.1) is 0 Å². The van der Waals surface area contributed by atoms with E-state index >= 15 is 0 Å². The molecule has 4 aromatic rings. The molecule has 0 saturated heterocycles. The number of halogens is 2. The largest absolute Gasteiger partial charge is 0.487 e. The highest BCUT2D eigenvalue weighted by molar-refractivity contribution is 6.32. The molecule has 0 aliphatic rings. The quantitative estimate of drug-likeness (QED) is 0.265. The fraction of sp³-hybridized carbons (Fsp3) is 0.107. The van der Waals surface area contributed by atoms with E-state index in [4.69, 9.17) is 21.1 Å². The Morgan fingerprint density at radius 3 is 2.58 bits per heavy atom. The van der Waals surface area contributed by atoms with Gasteiger partial charge >= 0.3 is 5.97 Å². The summed E-state index contributed by atoms with van der Waals surface area (Å²) in [6.45, 7) is 2.09. The van der Waals surface area contributed by atoms with Crippen molar-refractivity contribution in [1.82, 2.24) is 9.97 Å². The highest BCUT2D eigenvalue weighted by atomic mass is 35.5. The predicted octanol–water partition coefficient (Wildman–Crippen LogP) is 6.86. The Hall–Kier alpha value is -4.23. The van der Waals surface area contributed by atoms with E-state index in [0.29, 0.717) is 33.4 Å². The van der Waals surface area contributed by atoms with E-state index in [1.54, 1.807) is 36.4 Å². The molecule has 1 aromatic heterocycles. The van der Waals surface area contributed by atoms with Crippen molar-refractivity contribution < 1.29 is 18.7 Å². The molecule has 0 aliphatic heterocycles. The van der Waals surface area contributed by atoms with E-state index in [2.05, 4.69) is 15.3 Å². The molecule has 0 fully saturated rings. The summed E-state index contributed by atoms with van der Waals surface area (Å²) >= 11 is 6.43. The summed E-state index contributed by atoms with van der Waals surface area (Å²) in [5.74, 6) is 0.397. The van der Waals surface area contributed by atoms with Gasteiger partial charge in [0, 0.05) is 11.3 Å². The molecule has 6 nitrogen and oxygen atoms in total. The summed E-state index contributed by atoms with van der Waals surface area (Å²) in [5.41, 5.74) is 4.40. The van der Waals surface area contributed by atoms with Crippen LogP contribution in [0.15, 0.2) is 73.1 Å². The van der Waals surface area contributed by atoms with E-state index < -0.39 is 0 Å². The number of esters is 1. The first kappa shape index (κ1) is 24.9. The number of methoxy groups -OCH3 is 1. The maximum absolute atomic E-state index is 13.4. The zero-order valence-electron chi connectivity index (χ0n) is 19.7. The van der Waals surface area contributed by atoms with Crippen molar-refractivity contribution in [3.05, 3.63) is 112 Å². The summed E-state index contributed by atoms with van der Waals surface area (Å²) < 4.78 is 23.9. The summed E-state index contributed by atoms with van der Waals surface area (Å²) in [4.78, 5) is 20.3. The van der Waals surface area contributed by atoms with Crippen molar-refractivity contribution in [3.8, 4) is 5.75 Å². The Balaban J connectivity index is 1.48. The first-order valence-electron chi connectivity index (χ1n) is 11.0. The van der Waals surface area contributed by atoms with Crippen molar-refractivity contribution in [2.24, 2.45) is 0 Å². The fourth-order valence-electron chi connectivity index (χ4n) is 3.43. The van der Waals surface area contributed by atoms with Crippen LogP contribution >= 0.6 is 11.6 Å². The molecule has 0 spiro atoms. The minimum Gasteiger partial charge on any atom is -0.487 e. The second-order valence-electron chi connectivity index (χ2n) is 7.86. The van der Waals surface area contributed by atoms with Crippen LogP contribution in [0.3, 0.4) is 0 Å². The van der Waals surface area contributed by atoms with Crippen molar-refractivity contribution in [2.75, 3.05) is 12.4 Å². The van der Waals surface area contributed by atoms with E-state index in [1.807, 2.05) is 37.3 Å². The van der Waals surface area contributed by atoms with Crippen LogP contribution in [0.1, 0.15) is 32.7 Å². The third kappa shape index (κ3) is 6.25. The molecule has 4 rings (SSSR count). The number of carbonyl (C=O) groups excluding carboxylic acids is 1. The number of nitrogens with one attached hydrogen (secondary N) is 1. The Labute approximate surface area is 213 Å². The third-order valence-electron chi connectivity index (χ3n) is 5.34. The van der Waals surface area contributed by atoms with Gasteiger partial charge in [0.05, 0.1) is 23.4 Å². The highest BCUT2D eigenvalue weighted by Crippen LogP contribution is 2.31. The second kappa shape index (κ2) is 11.5. The third-order valence-corrected chi connectivity index (χ3v) is 5.63. The molecule has 0 saturated carbocycles. The second-order valence-corrected chi connectivity index (χ2v) is 8.26. The summed E-state index contributed by atoms with van der Waals surface area (Å²) in [7, 11) is 1.35. The molecule has 0 atom stereocenters. The zero-order valence-corrected chi connectivity index (χ0v) is 20.4. The van der Waals surface area contributed by atoms with Crippen LogP contribution in [0.25, 0.3) is 12.2 Å². The van der Waals surface area contributed by atoms with E-state index in [9.17, 15) is 9.18 Å². The van der Waals surface area contributed by atoms with Crippen LogP contribution < -0.4 is 10.1 Å². The van der Waals surface area contributed by atoms with E-state index in [1.165, 1.54) is 25.6 Å². The molecule has 1 heterocycles. The van der Waals surface area contributed by atoms with Crippen LogP contribution in [0.2, 0.25) is 5.02 Å². The van der Waals surface area contributed by atoms with E-state index in [-0.39, 0.29) is 18.4 Å². The standard InChI is InChI=1S/C28H23ClFN3O3/c1-18-24(12-8-19-6-9-21(10-7-19)28(34)35-2)27(32-17-31-18)33-23-11-13-26(25(29)15-23)36-16-20-4-3-5-22(30)14-20/h3-15,17H,16H2,1-2H3,(H,31,32,33)/b12-8+. The lowest BCUT2D eigenvalue weighted by atomic mass is 10.1. The van der Waals surface area contributed by atoms with Gasteiger partial charge < -0.3 is 14.8 Å². The summed E-state index contributed by atoms with van der Waals surface area (Å²) in [6, 6.07) is 18.6. The molecular weight excluding hydrogens is 481 g/mol. The number of nitrogens with zero attached hydrogens (tertiary/aromatic N) is 2. The SMILES string of the molecule is COC(=O)c1ccc(/C=C/c2c(C)ncnc2Nc2ccc(OCc3cccc(F)c3)c(Cl)c2)cc1. The van der Waals surface area contributed by atoms with Crippen LogP contribution in [0, 0.1) is 12.7 Å². The molecule has 0 bridgehead atoms. The number of hydrogen-bond acceptors (Lipinski definition) is 6. The lowest BCUT2D eigenvalue weighted by Gasteiger charge is -2.13. The monoisotopic (exact) mass is 503 g/mol. The number of anilines is 2. The Bertz CT molecular complexity index is 1410. The Morgan fingerprint density at radius 1 is 1.06 bits per heavy atom. The average molecular weight is 504 g/mol. The van der Waals surface area contributed by atoms with Crippen molar-refractivity contribution in [2.45, 2.75) is 13.5 Å². The first-order valence-corrected chi connectivity index (χ1v) is 11.4. The topological polar surface area (TPSA) is 73.3 Å². The van der Waals surface area contributed by atoms with Gasteiger partial charge in [0.25, 0.3) is 0 Å². The van der Waals surface area contributed by atoms with Crippen LogP contribution in [-0.4, -0.2) is 23.0 Å². The van der Waals surface area contributed by atoms with Gasteiger partial charge in [-0.25, -0.2) is 19.2 Å². The molecular formula is C28H23ClFN3O3. The smallest absolute Gasteiger partial charge is 0.337 e. The van der Waals surface area contributed by atoms with Crippen molar-refractivity contribution in [3.63, 3.8) is 0 Å². The normalized spacial score (nSPS) is 10.9. The number of hydrogen-bond donors (Lipinski definition) is 1. The number of ether oxygens (including phenoxy) is 2. The van der Waals surface area contributed by atoms with Gasteiger partial charge in [0.15, 0.2) is 0 Å². The average Bonchev–Trinajstić information content (AvgIpc) is 2.88. The first-order chi connectivity index (χ1) is 17.4. The molecule has 0 unspecified atom stereocenters. The van der Waals surface area contributed by atoms with Crippen LogP contribution in [0.4, 0.5) is 15.9 Å². The molecule has 1 N–H and O–H groups in total. The number of aromatic nitrogens is 2. The molecule has 182 valence electrons. The van der Waals surface area contributed by atoms with E-state index in [0.717, 1.165) is 16.8 Å². The van der Waals surface area contributed by atoms with Gasteiger partial charge in [-0.2, -0.15) is 0 Å². The lowest BCUT2D eigenvalue weighted by Crippen LogP contribution is -2.01. The fourth-order valence-corrected chi connectivity index (χ4v) is 3.67. The molecule has 0 radical (unpaired) electrons. The number of aryl methyl sites for hydroxylation is 1. The van der Waals surface area contributed by atoms with Gasteiger partial charge in [0.2, 0.25) is 0 Å². The number of benzene rings is 3. The van der Waals surface area contributed by atoms with Gasteiger partial charge in [-0.05, 0) is 66.6 Å². The minimum atomic E-state index is -0.381. The number of rotatable bonds is 8. The highest BCUT2D eigenvalue weighted by Gasteiger charge is 2.10.